The van der Waals surface area contributed by atoms with Gasteiger partial charge < -0.3 is 10.1 Å². The molecule has 1 aromatic heterocycles. The lowest BCUT2D eigenvalue weighted by Crippen LogP contribution is -2.17. The predicted molar refractivity (Wildman–Crippen MR) is 81.8 cm³/mol. The Balaban J connectivity index is 1.96. The third-order valence-corrected chi connectivity index (χ3v) is 3.38. The lowest BCUT2D eigenvalue weighted by atomic mass is 10.1. The minimum Gasteiger partial charge on any atom is -0.487 e. The second-order valence-corrected chi connectivity index (χ2v) is 4.90. The average Bonchev–Trinajstić information content (AvgIpc) is 2.47. The molecule has 3 nitrogen and oxygen atoms in total. The monoisotopic (exact) mass is 270 g/mol. The zero-order valence-electron chi connectivity index (χ0n) is 12.4. The molecule has 1 heterocycles. The van der Waals surface area contributed by atoms with Gasteiger partial charge >= 0.3 is 0 Å². The Morgan fingerprint density at radius 3 is 2.60 bits per heavy atom. The topological polar surface area (TPSA) is 34.1 Å². The van der Waals surface area contributed by atoms with Crippen LogP contribution in [0.25, 0.3) is 0 Å². The highest BCUT2D eigenvalue weighted by Crippen LogP contribution is 2.18. The van der Waals surface area contributed by atoms with Gasteiger partial charge in [-0.05, 0) is 49.7 Å². The highest BCUT2D eigenvalue weighted by molar-refractivity contribution is 5.29. The molecule has 1 N–H and O–H groups in total. The van der Waals surface area contributed by atoms with Crippen molar-refractivity contribution in [3.05, 3.63) is 59.4 Å². The van der Waals surface area contributed by atoms with Crippen LogP contribution in [-0.2, 0) is 6.61 Å². The molecule has 1 aromatic carbocycles. The first-order chi connectivity index (χ1) is 9.70. The average molecular weight is 270 g/mol. The number of rotatable bonds is 6. The molecule has 1 atom stereocenters. The summed E-state index contributed by atoms with van der Waals surface area (Å²) in [6, 6.07) is 12.6. The number of nitrogens with zero attached hydrogens (tertiary/aromatic N) is 1. The Hall–Kier alpha value is -1.87. The number of aryl methyl sites for hydroxylation is 1. The minimum absolute atomic E-state index is 0.368. The Bertz CT molecular complexity index is 537. The van der Waals surface area contributed by atoms with Gasteiger partial charge in [0.1, 0.15) is 12.4 Å². The summed E-state index contributed by atoms with van der Waals surface area (Å²) in [7, 11) is 0. The van der Waals surface area contributed by atoms with Crippen molar-refractivity contribution in [3.8, 4) is 5.75 Å². The van der Waals surface area contributed by atoms with E-state index in [0.717, 1.165) is 23.6 Å². The van der Waals surface area contributed by atoms with Crippen molar-refractivity contribution in [3.63, 3.8) is 0 Å². The van der Waals surface area contributed by atoms with Gasteiger partial charge in [-0.25, -0.2) is 0 Å². The molecule has 0 amide bonds. The molecule has 0 aliphatic heterocycles. The van der Waals surface area contributed by atoms with E-state index in [1.54, 1.807) is 6.20 Å². The Morgan fingerprint density at radius 1 is 1.20 bits per heavy atom. The van der Waals surface area contributed by atoms with E-state index in [1.807, 2.05) is 31.2 Å². The van der Waals surface area contributed by atoms with Gasteiger partial charge in [0.05, 0.1) is 5.69 Å². The van der Waals surface area contributed by atoms with Gasteiger partial charge in [0, 0.05) is 12.2 Å². The van der Waals surface area contributed by atoms with Crippen LogP contribution >= 0.6 is 0 Å². The first-order valence-electron chi connectivity index (χ1n) is 7.07. The van der Waals surface area contributed by atoms with Crippen molar-refractivity contribution in [1.29, 1.82) is 0 Å². The number of ether oxygens (including phenoxy) is 1. The number of pyridine rings is 1. The van der Waals surface area contributed by atoms with Gasteiger partial charge in [-0.1, -0.05) is 25.1 Å². The summed E-state index contributed by atoms with van der Waals surface area (Å²) in [5.74, 6) is 0.877. The molecule has 20 heavy (non-hydrogen) atoms. The van der Waals surface area contributed by atoms with E-state index in [0.29, 0.717) is 12.6 Å². The van der Waals surface area contributed by atoms with Crippen molar-refractivity contribution in [2.45, 2.75) is 33.4 Å². The van der Waals surface area contributed by atoms with Gasteiger partial charge in [0.2, 0.25) is 0 Å². The lowest BCUT2D eigenvalue weighted by Gasteiger charge is -2.13. The molecular weight excluding hydrogens is 248 g/mol. The highest BCUT2D eigenvalue weighted by Gasteiger charge is 2.04. The molecule has 0 spiro atoms. The summed E-state index contributed by atoms with van der Waals surface area (Å²) < 4.78 is 5.78. The maximum Gasteiger partial charge on any atom is 0.130 e. The lowest BCUT2D eigenvalue weighted by molar-refractivity contribution is 0.300. The van der Waals surface area contributed by atoms with Gasteiger partial charge in [0.15, 0.2) is 0 Å². The zero-order valence-corrected chi connectivity index (χ0v) is 12.4. The van der Waals surface area contributed by atoms with E-state index < -0.39 is 0 Å². The zero-order chi connectivity index (χ0) is 14.4. The highest BCUT2D eigenvalue weighted by atomic mass is 16.5. The van der Waals surface area contributed by atoms with Crippen LogP contribution in [-0.4, -0.2) is 11.5 Å². The van der Waals surface area contributed by atoms with Gasteiger partial charge in [-0.3, -0.25) is 4.98 Å². The summed E-state index contributed by atoms with van der Waals surface area (Å²) in [5, 5.41) is 3.40. The number of nitrogens with one attached hydrogen (secondary N) is 1. The molecule has 3 heteroatoms. The molecule has 0 aliphatic rings. The molecule has 2 aromatic rings. The number of benzene rings is 1. The minimum atomic E-state index is 0.368. The number of hydrogen-bond donors (Lipinski definition) is 1. The summed E-state index contributed by atoms with van der Waals surface area (Å²) >= 11 is 0. The van der Waals surface area contributed by atoms with Crippen LogP contribution in [0.15, 0.2) is 42.6 Å². The predicted octanol–water partition coefficient (Wildman–Crippen LogP) is 3.64. The Kier molecular flexibility index (Phi) is 5.13. The molecular formula is C17H22N2O. The molecule has 1 unspecified atom stereocenters. The molecule has 0 aliphatic carbocycles. The maximum atomic E-state index is 5.78. The molecule has 0 radical (unpaired) electrons. The maximum absolute atomic E-state index is 5.78. The Labute approximate surface area is 121 Å². The molecule has 0 saturated heterocycles. The van der Waals surface area contributed by atoms with Crippen molar-refractivity contribution in [2.24, 2.45) is 0 Å². The third kappa shape index (κ3) is 3.81. The first kappa shape index (κ1) is 14.5. The Morgan fingerprint density at radius 2 is 1.95 bits per heavy atom. The fraction of sp³-hybridized carbons (Fsp3) is 0.353. The van der Waals surface area contributed by atoms with Crippen LogP contribution in [0.4, 0.5) is 0 Å². The van der Waals surface area contributed by atoms with E-state index in [2.05, 4.69) is 36.3 Å². The van der Waals surface area contributed by atoms with Crippen molar-refractivity contribution >= 4 is 0 Å². The second kappa shape index (κ2) is 7.06. The van der Waals surface area contributed by atoms with Crippen LogP contribution in [0.1, 0.15) is 36.7 Å². The fourth-order valence-electron chi connectivity index (χ4n) is 2.10. The summed E-state index contributed by atoms with van der Waals surface area (Å²) in [6.07, 6.45) is 1.80. The molecule has 2 rings (SSSR count). The van der Waals surface area contributed by atoms with Crippen molar-refractivity contribution in [2.75, 3.05) is 6.54 Å². The van der Waals surface area contributed by atoms with Gasteiger partial charge in [0.25, 0.3) is 0 Å². The van der Waals surface area contributed by atoms with E-state index in [1.165, 1.54) is 5.56 Å². The SMILES string of the molecule is CCNC(C)c1ccc(OCc2ncccc2C)cc1. The normalized spacial score (nSPS) is 12.2. The van der Waals surface area contributed by atoms with Crippen molar-refractivity contribution in [1.82, 2.24) is 10.3 Å². The number of aromatic nitrogens is 1. The summed E-state index contributed by atoms with van der Waals surface area (Å²) in [5.41, 5.74) is 3.41. The molecule has 0 bridgehead atoms. The molecule has 0 saturated carbocycles. The smallest absolute Gasteiger partial charge is 0.130 e. The van der Waals surface area contributed by atoms with Crippen LogP contribution in [0.3, 0.4) is 0 Å². The van der Waals surface area contributed by atoms with Crippen LogP contribution in [0.2, 0.25) is 0 Å². The number of hydrogen-bond acceptors (Lipinski definition) is 3. The standard InChI is InChI=1S/C17H22N2O/c1-4-18-14(3)15-7-9-16(10-8-15)20-12-17-13(2)6-5-11-19-17/h5-11,14,18H,4,12H2,1-3H3. The molecule has 0 fully saturated rings. The molecule has 106 valence electrons. The van der Waals surface area contributed by atoms with E-state index in [9.17, 15) is 0 Å². The summed E-state index contributed by atoms with van der Waals surface area (Å²) in [6.45, 7) is 7.81. The van der Waals surface area contributed by atoms with Gasteiger partial charge in [-0.15, -0.1) is 0 Å². The second-order valence-electron chi connectivity index (χ2n) is 4.90. The quantitative estimate of drug-likeness (QED) is 0.870. The van der Waals surface area contributed by atoms with Crippen LogP contribution in [0, 0.1) is 6.92 Å². The fourth-order valence-corrected chi connectivity index (χ4v) is 2.10. The van der Waals surface area contributed by atoms with Gasteiger partial charge in [-0.2, -0.15) is 0 Å². The van der Waals surface area contributed by atoms with E-state index in [-0.39, 0.29) is 0 Å². The van der Waals surface area contributed by atoms with Crippen LogP contribution < -0.4 is 10.1 Å². The first-order valence-corrected chi connectivity index (χ1v) is 7.07. The van der Waals surface area contributed by atoms with E-state index >= 15 is 0 Å². The van der Waals surface area contributed by atoms with Crippen molar-refractivity contribution < 1.29 is 4.74 Å². The third-order valence-electron chi connectivity index (χ3n) is 3.38. The summed E-state index contributed by atoms with van der Waals surface area (Å²) in [4.78, 5) is 4.33. The van der Waals surface area contributed by atoms with E-state index in [4.69, 9.17) is 4.74 Å². The largest absolute Gasteiger partial charge is 0.487 e. The van der Waals surface area contributed by atoms with Crippen LogP contribution in [0.5, 0.6) is 5.75 Å².